The first-order valence-corrected chi connectivity index (χ1v) is 3.35. The number of hydrogen-bond acceptors (Lipinski definition) is 2. The SMILES string of the molecule is O=C(O)C(F)(F)c1ccc(O)cc1. The molecule has 0 atom stereocenters. The third kappa shape index (κ3) is 1.74. The minimum absolute atomic E-state index is 0.190. The highest BCUT2D eigenvalue weighted by Gasteiger charge is 2.40. The molecule has 0 fully saturated rings. The van der Waals surface area contributed by atoms with Crippen molar-refractivity contribution >= 4 is 5.97 Å². The van der Waals surface area contributed by atoms with E-state index < -0.39 is 17.5 Å². The van der Waals surface area contributed by atoms with Crippen LogP contribution in [0.4, 0.5) is 8.78 Å². The van der Waals surface area contributed by atoms with Crippen molar-refractivity contribution < 1.29 is 23.8 Å². The first-order valence-electron chi connectivity index (χ1n) is 3.35. The van der Waals surface area contributed by atoms with Gasteiger partial charge in [0.1, 0.15) is 5.75 Å². The Balaban J connectivity index is 3.08. The van der Waals surface area contributed by atoms with Crippen molar-refractivity contribution in [2.24, 2.45) is 0 Å². The maximum absolute atomic E-state index is 12.7. The van der Waals surface area contributed by atoms with Gasteiger partial charge < -0.3 is 10.2 Å². The lowest BCUT2D eigenvalue weighted by Crippen LogP contribution is -2.25. The fourth-order valence-corrected chi connectivity index (χ4v) is 0.794. The van der Waals surface area contributed by atoms with E-state index in [0.29, 0.717) is 0 Å². The van der Waals surface area contributed by atoms with Crippen molar-refractivity contribution in [3.8, 4) is 5.75 Å². The van der Waals surface area contributed by atoms with Gasteiger partial charge in [0.15, 0.2) is 0 Å². The zero-order valence-corrected chi connectivity index (χ0v) is 6.37. The van der Waals surface area contributed by atoms with E-state index in [1.807, 2.05) is 0 Å². The van der Waals surface area contributed by atoms with Crippen LogP contribution in [0, 0.1) is 0 Å². The molecule has 0 radical (unpaired) electrons. The van der Waals surface area contributed by atoms with Crippen molar-refractivity contribution in [2.45, 2.75) is 5.92 Å². The molecule has 3 nitrogen and oxygen atoms in total. The largest absolute Gasteiger partial charge is 0.508 e. The van der Waals surface area contributed by atoms with Gasteiger partial charge in [-0.05, 0) is 24.3 Å². The number of alkyl halides is 2. The molecule has 0 unspecified atom stereocenters. The first kappa shape index (κ1) is 9.44. The minimum Gasteiger partial charge on any atom is -0.508 e. The molecular weight excluding hydrogens is 182 g/mol. The smallest absolute Gasteiger partial charge is 0.379 e. The number of carbonyl (C=O) groups is 1. The van der Waals surface area contributed by atoms with E-state index >= 15 is 0 Å². The summed E-state index contributed by atoms with van der Waals surface area (Å²) in [5.41, 5.74) is -0.655. The second kappa shape index (κ2) is 3.01. The zero-order valence-electron chi connectivity index (χ0n) is 6.37. The molecule has 5 heteroatoms. The normalized spacial score (nSPS) is 11.2. The molecular formula is C8H6F2O3. The zero-order chi connectivity index (χ0) is 10.1. The summed E-state index contributed by atoms with van der Waals surface area (Å²) in [5.74, 6) is -6.31. The van der Waals surface area contributed by atoms with E-state index in [1.165, 1.54) is 0 Å². The molecule has 13 heavy (non-hydrogen) atoms. The number of phenols is 1. The number of aliphatic carboxylic acids is 1. The van der Waals surface area contributed by atoms with Crippen molar-refractivity contribution in [1.29, 1.82) is 0 Å². The van der Waals surface area contributed by atoms with Gasteiger partial charge in [0.2, 0.25) is 0 Å². The van der Waals surface area contributed by atoms with Gasteiger partial charge >= 0.3 is 11.9 Å². The maximum Gasteiger partial charge on any atom is 0.379 e. The number of hydrogen-bond donors (Lipinski definition) is 2. The lowest BCUT2D eigenvalue weighted by molar-refractivity contribution is -0.166. The van der Waals surface area contributed by atoms with Crippen LogP contribution in [0.5, 0.6) is 5.75 Å². The summed E-state index contributed by atoms with van der Waals surface area (Å²) in [4.78, 5) is 10.1. The molecule has 0 aliphatic rings. The molecule has 0 bridgehead atoms. The lowest BCUT2D eigenvalue weighted by atomic mass is 10.1. The van der Waals surface area contributed by atoms with Crippen LogP contribution in [0.1, 0.15) is 5.56 Å². The number of carboxylic acid groups (broad SMARTS) is 1. The summed E-state index contributed by atoms with van der Waals surface area (Å²) in [5, 5.41) is 16.9. The molecule has 0 spiro atoms. The fraction of sp³-hybridized carbons (Fsp3) is 0.125. The van der Waals surface area contributed by atoms with Crippen molar-refractivity contribution in [3.05, 3.63) is 29.8 Å². The minimum atomic E-state index is -3.91. The van der Waals surface area contributed by atoms with E-state index in [9.17, 15) is 13.6 Å². The molecule has 1 aromatic rings. The van der Waals surface area contributed by atoms with Crippen LogP contribution in [0.2, 0.25) is 0 Å². The Morgan fingerprint density at radius 2 is 1.69 bits per heavy atom. The third-order valence-electron chi connectivity index (χ3n) is 1.50. The molecule has 0 amide bonds. The van der Waals surface area contributed by atoms with Crippen LogP contribution >= 0.6 is 0 Å². The van der Waals surface area contributed by atoms with E-state index in [1.54, 1.807) is 0 Å². The second-order valence-electron chi connectivity index (χ2n) is 2.43. The van der Waals surface area contributed by atoms with Crippen LogP contribution in [0.15, 0.2) is 24.3 Å². The number of benzene rings is 1. The lowest BCUT2D eigenvalue weighted by Gasteiger charge is -2.10. The van der Waals surface area contributed by atoms with Crippen molar-refractivity contribution in [2.75, 3.05) is 0 Å². The fourth-order valence-electron chi connectivity index (χ4n) is 0.794. The van der Waals surface area contributed by atoms with Crippen molar-refractivity contribution in [3.63, 3.8) is 0 Å². The second-order valence-corrected chi connectivity index (χ2v) is 2.43. The average Bonchev–Trinajstić information content (AvgIpc) is 2.04. The van der Waals surface area contributed by atoms with Crippen molar-refractivity contribution in [1.82, 2.24) is 0 Å². The molecule has 0 aliphatic carbocycles. The summed E-state index contributed by atoms with van der Waals surface area (Å²) < 4.78 is 25.5. The Morgan fingerprint density at radius 3 is 2.08 bits per heavy atom. The number of rotatable bonds is 2. The highest BCUT2D eigenvalue weighted by atomic mass is 19.3. The highest BCUT2D eigenvalue weighted by molar-refractivity contribution is 5.77. The molecule has 0 saturated heterocycles. The van der Waals surface area contributed by atoms with E-state index in [2.05, 4.69) is 0 Å². The van der Waals surface area contributed by atoms with Crippen LogP contribution in [-0.4, -0.2) is 16.2 Å². The van der Waals surface area contributed by atoms with Crippen LogP contribution in [0.3, 0.4) is 0 Å². The summed E-state index contributed by atoms with van der Waals surface area (Å²) >= 11 is 0. The van der Waals surface area contributed by atoms with Crippen LogP contribution < -0.4 is 0 Å². The molecule has 1 aromatic carbocycles. The number of aromatic hydroxyl groups is 1. The van der Waals surface area contributed by atoms with E-state index in [-0.39, 0.29) is 5.75 Å². The maximum atomic E-state index is 12.7. The number of phenolic OH excluding ortho intramolecular Hbond substituents is 1. The summed E-state index contributed by atoms with van der Waals surface area (Å²) in [6.07, 6.45) is 0. The van der Waals surface area contributed by atoms with Crippen LogP contribution in [0.25, 0.3) is 0 Å². The van der Waals surface area contributed by atoms with Gasteiger partial charge in [0.25, 0.3) is 0 Å². The molecule has 0 saturated carbocycles. The van der Waals surface area contributed by atoms with E-state index in [4.69, 9.17) is 10.2 Å². The molecule has 70 valence electrons. The highest BCUT2D eigenvalue weighted by Crippen LogP contribution is 2.28. The van der Waals surface area contributed by atoms with Gasteiger partial charge in [-0.1, -0.05) is 0 Å². The Kier molecular flexibility index (Phi) is 2.18. The van der Waals surface area contributed by atoms with Gasteiger partial charge in [-0.2, -0.15) is 8.78 Å². The number of carboxylic acids is 1. The summed E-state index contributed by atoms with van der Waals surface area (Å²) in [7, 11) is 0. The van der Waals surface area contributed by atoms with Gasteiger partial charge in [-0.15, -0.1) is 0 Å². The predicted molar refractivity (Wildman–Crippen MR) is 39.6 cm³/mol. The monoisotopic (exact) mass is 188 g/mol. The van der Waals surface area contributed by atoms with E-state index in [0.717, 1.165) is 24.3 Å². The summed E-state index contributed by atoms with van der Waals surface area (Å²) in [6.45, 7) is 0. The van der Waals surface area contributed by atoms with Gasteiger partial charge in [-0.3, -0.25) is 0 Å². The molecule has 2 N–H and O–H groups in total. The van der Waals surface area contributed by atoms with Gasteiger partial charge in [0, 0.05) is 5.56 Å². The average molecular weight is 188 g/mol. The van der Waals surface area contributed by atoms with Gasteiger partial charge in [-0.25, -0.2) is 4.79 Å². The number of halogens is 2. The first-order chi connectivity index (χ1) is 5.94. The quantitative estimate of drug-likeness (QED) is 0.740. The Labute approximate surface area is 72.2 Å². The van der Waals surface area contributed by atoms with Gasteiger partial charge in [0.05, 0.1) is 0 Å². The Bertz CT molecular complexity index is 319. The summed E-state index contributed by atoms with van der Waals surface area (Å²) in [6, 6.07) is 3.74. The molecule has 0 aliphatic heterocycles. The Morgan fingerprint density at radius 1 is 1.23 bits per heavy atom. The van der Waals surface area contributed by atoms with Crippen LogP contribution in [-0.2, 0) is 10.7 Å². The Hall–Kier alpha value is -1.65. The third-order valence-corrected chi connectivity index (χ3v) is 1.50. The molecule has 0 heterocycles. The standard InChI is InChI=1S/C8H6F2O3/c9-8(10,7(12)13)5-1-3-6(11)4-2-5/h1-4,11H,(H,12,13). The molecule has 1 rings (SSSR count). The predicted octanol–water partition coefficient (Wildman–Crippen LogP) is 1.57. The molecule has 0 aromatic heterocycles. The topological polar surface area (TPSA) is 57.5 Å².